The number of amides is 1. The fraction of sp³-hybridized carbons (Fsp3) is 0.333. The number of aliphatic hydroxyl groups is 1. The summed E-state index contributed by atoms with van der Waals surface area (Å²) in [6.45, 7) is 20.0. The van der Waals surface area contributed by atoms with Crippen LogP contribution in [0.1, 0.15) is 162 Å². The summed E-state index contributed by atoms with van der Waals surface area (Å²) < 4.78 is 33.0. The second kappa shape index (κ2) is 56.2. The molecule has 0 aliphatic rings. The number of methoxy groups -OCH3 is 4. The summed E-state index contributed by atoms with van der Waals surface area (Å²) in [7, 11) is 6.45. The third kappa shape index (κ3) is 38.9. The molecule has 10 aromatic heterocycles. The van der Waals surface area contributed by atoms with Crippen LogP contribution in [-0.2, 0) is 62.1 Å². The number of aldehydes is 1. The average molecular weight is 2040 g/mol. The van der Waals surface area contributed by atoms with Crippen molar-refractivity contribution in [3.8, 4) is 11.6 Å². The fourth-order valence-corrected chi connectivity index (χ4v) is 13.5. The van der Waals surface area contributed by atoms with E-state index in [1.165, 1.54) is 71.3 Å². The molecule has 628 valence electrons. The zero-order chi connectivity index (χ0) is 85.7. The van der Waals surface area contributed by atoms with Crippen molar-refractivity contribution in [3.05, 3.63) is 235 Å². The molecule has 0 fully saturated rings. The van der Waals surface area contributed by atoms with E-state index in [2.05, 4.69) is 118 Å². The Balaban J connectivity index is 0.00000135. The zero-order valence-electron chi connectivity index (χ0n) is 66.2. The normalized spacial score (nSPS) is 11.6. The fourth-order valence-electron chi connectivity index (χ4n) is 9.07. The van der Waals surface area contributed by atoms with E-state index >= 15 is 0 Å². The number of carbonyl (C=O) groups is 4. The number of halogens is 12. The molecule has 0 radical (unpaired) electrons. The number of nitrogens with two attached hydrogens (primary N) is 2. The zero-order valence-corrected chi connectivity index (χ0v) is 80.0. The number of isocyanates is 1. The van der Waals surface area contributed by atoms with Gasteiger partial charge in [0.15, 0.2) is 17.9 Å². The molecule has 5 N–H and O–H groups in total. The molecule has 0 aliphatic carbocycles. The molecular weight excluding hydrogens is 1960 g/mol. The van der Waals surface area contributed by atoms with Gasteiger partial charge in [0.1, 0.15) is 17.0 Å². The summed E-state index contributed by atoms with van der Waals surface area (Å²) in [5.74, 6) is 0.479. The van der Waals surface area contributed by atoms with Crippen molar-refractivity contribution < 1.29 is 74.5 Å². The maximum absolute atomic E-state index is 12.6. The predicted octanol–water partition coefficient (Wildman–Crippen LogP) is 16.1. The number of primary amides is 1. The molecule has 0 spiro atoms. The van der Waals surface area contributed by atoms with Gasteiger partial charge in [-0.15, -0.1) is 9.59 Å². The Morgan fingerprint density at radius 3 is 1.23 bits per heavy atom. The largest absolute Gasteiger partial charge is 2.00 e. The number of anilines is 1. The van der Waals surface area contributed by atoms with Gasteiger partial charge < -0.3 is 69.4 Å². The number of ether oxygens (including phenoxy) is 6. The minimum atomic E-state index is -0.725. The number of carbonyl (C=O) groups excluding carboxylic acids is 5. The second-order valence-corrected chi connectivity index (χ2v) is 30.9. The maximum atomic E-state index is 12.6. The summed E-state index contributed by atoms with van der Waals surface area (Å²) in [4.78, 5) is 92.4. The second-order valence-electron chi connectivity index (χ2n) is 25.0. The van der Waals surface area contributed by atoms with Crippen molar-refractivity contribution in [1.29, 1.82) is 0 Å². The molecule has 29 nitrogen and oxygen atoms in total. The summed E-state index contributed by atoms with van der Waals surface area (Å²) in [6, 6.07) is 3.18. The molecule has 5 unspecified atom stereocenters. The Morgan fingerprint density at radius 2 is 0.880 bits per heavy atom. The van der Waals surface area contributed by atoms with Gasteiger partial charge in [-0.2, -0.15) is 25.4 Å². The molecule has 0 aliphatic heterocycles. The van der Waals surface area contributed by atoms with Crippen molar-refractivity contribution in [2.45, 2.75) is 137 Å². The number of hydrogen-bond acceptors (Lipinski definition) is 26. The van der Waals surface area contributed by atoms with E-state index in [9.17, 15) is 29.1 Å². The first-order valence-electron chi connectivity index (χ1n) is 33.3. The van der Waals surface area contributed by atoms with E-state index < -0.39 is 23.4 Å². The van der Waals surface area contributed by atoms with E-state index in [-0.39, 0.29) is 103 Å². The third-order valence-corrected chi connectivity index (χ3v) is 18.5. The number of pyridine rings is 8. The molecule has 5 atom stereocenters. The van der Waals surface area contributed by atoms with Gasteiger partial charge in [0.2, 0.25) is 6.08 Å². The van der Waals surface area contributed by atoms with Crippen molar-refractivity contribution in [3.63, 3.8) is 0 Å². The van der Waals surface area contributed by atoms with E-state index in [1.807, 2.05) is 48.5 Å². The first-order valence-corrected chi connectivity index (χ1v) is 38.7. The molecule has 0 aromatic carbocycles. The molecule has 1 amide bonds. The summed E-state index contributed by atoms with van der Waals surface area (Å²) in [6.07, 6.45) is 28.7. The van der Waals surface area contributed by atoms with Crippen LogP contribution in [0.25, 0.3) is 11.6 Å². The Bertz CT molecular complexity index is 4660. The van der Waals surface area contributed by atoms with Gasteiger partial charge in [0, 0.05) is 157 Å². The molecular formula is C75H85Br4Cl8MgN17O12. The minimum Gasteiger partial charge on any atom is -1.00 e. The number of aromatic nitrogens is 14. The Hall–Kier alpha value is -6.45. The van der Waals surface area contributed by atoms with Gasteiger partial charge in [-0.1, -0.05) is 92.8 Å². The molecule has 10 aromatic rings. The van der Waals surface area contributed by atoms with E-state index in [0.29, 0.717) is 90.6 Å². The number of nitrogen functional groups attached to an aromatic ring is 1. The summed E-state index contributed by atoms with van der Waals surface area (Å²) in [5, 5.41) is 28.7. The number of rotatable bonds is 19. The molecule has 10 rings (SSSR count). The van der Waals surface area contributed by atoms with Crippen molar-refractivity contribution >= 4 is 205 Å². The number of aliphatic imine (C=N–C) groups is 1. The maximum Gasteiger partial charge on any atom is 2.00 e. The van der Waals surface area contributed by atoms with Crippen molar-refractivity contribution in [2.24, 2.45) is 10.7 Å². The van der Waals surface area contributed by atoms with Crippen molar-refractivity contribution in [2.75, 3.05) is 34.2 Å². The Kier molecular flexibility index (Phi) is 53.1. The Morgan fingerprint density at radius 1 is 0.513 bits per heavy atom. The van der Waals surface area contributed by atoms with Gasteiger partial charge in [0.25, 0.3) is 0 Å². The quantitative estimate of drug-likeness (QED) is 0.0169. The first kappa shape index (κ1) is 111. The average Bonchev–Trinajstić information content (AvgIpc) is 1.82. The van der Waals surface area contributed by atoms with Crippen LogP contribution < -0.4 is 28.4 Å². The smallest absolute Gasteiger partial charge is 1.00 e. The minimum absolute atomic E-state index is 0. The topological polar surface area (TPSA) is 390 Å². The van der Waals surface area contributed by atoms with E-state index in [4.69, 9.17) is 128 Å². The molecule has 42 heteroatoms. The van der Waals surface area contributed by atoms with Gasteiger partial charge >= 0.3 is 35.1 Å². The van der Waals surface area contributed by atoms with Crippen molar-refractivity contribution in [1.82, 2.24) is 69.9 Å². The number of hydrogen-bond donors (Lipinski definition) is 3. The van der Waals surface area contributed by atoms with Crippen LogP contribution in [0, 0.1) is 7.43 Å². The van der Waals surface area contributed by atoms with Crippen LogP contribution in [0.3, 0.4) is 0 Å². The van der Waals surface area contributed by atoms with Crippen LogP contribution >= 0.6 is 141 Å². The van der Waals surface area contributed by atoms with Crippen LogP contribution in [0.2, 0.25) is 40.2 Å². The number of aliphatic hydroxyl groups excluding tert-OH is 1. The summed E-state index contributed by atoms with van der Waals surface area (Å²) in [5.41, 5.74) is 16.9. The standard InChI is InChI=1S/C18H17Cl2N5O2.C14H20ClNO3.C8H9BrClNO.C8H4ClN5O.C8H11ClN2O.C7H7BrClNO.C6H3BrClNO.C5H11NO2.CH3.BrH.Mg/c1-11(27-2)17-13(9-21-10-16(17)20)7-14(26)5-12-6-15(19)18(22-8-12)25-23-3-4-24-25;1-9(18-5)13-10(7-16-8-11(13)15)6-12(17)19-14(2,3)4;1-5(12-2)8-6(9)3-11-4-7(8)10;9-7-3-6(11-5-15)4-10-8(7)14-12-1-2-13-14;1-5(12-2)8-6(9)3-11-4-7(8)10;1-4(11)7-5(8)2-10-3-6(7)9;7-5-1-9-2-6(8)4(5)3-10;1-5(2,3)8-4(6)7;;;/h3-4,6,8-11H,5,7H2,1-2H3;7-9H,6H2,1-5H3;3-5H,1-2H3;1-4H;3-5H,10H2,1-2H3;2-4,11H,1H3;1-3H;1-3H3,(H2,6,7);1H3;1H;/q;;;;;;;;-1;;+2/p-1. The monoisotopic (exact) mass is 2040 g/mol. The molecule has 0 saturated heterocycles. The summed E-state index contributed by atoms with van der Waals surface area (Å²) >= 11 is 57.4. The van der Waals surface area contributed by atoms with E-state index in [1.54, 1.807) is 124 Å². The van der Waals surface area contributed by atoms with Crippen LogP contribution in [0.15, 0.2) is 142 Å². The van der Waals surface area contributed by atoms with Gasteiger partial charge in [0.05, 0.1) is 131 Å². The molecule has 117 heavy (non-hydrogen) atoms. The first-order chi connectivity index (χ1) is 53.7. The molecule has 10 heterocycles. The van der Waals surface area contributed by atoms with E-state index in [0.717, 1.165) is 42.3 Å². The van der Waals surface area contributed by atoms with Gasteiger partial charge in [-0.25, -0.2) is 19.6 Å². The Labute approximate surface area is 770 Å². The number of ketones is 1. The number of Topliss-reactive ketones (excluding diaryl/α,β-unsaturated/α-hetero) is 1. The van der Waals surface area contributed by atoms with Crippen LogP contribution in [0.4, 0.5) is 16.2 Å². The van der Waals surface area contributed by atoms with Gasteiger partial charge in [-0.05, 0) is 153 Å². The third-order valence-electron chi connectivity index (χ3n) is 14.3. The molecule has 0 saturated carbocycles. The predicted molar refractivity (Wildman–Crippen MR) is 461 cm³/mol. The van der Waals surface area contributed by atoms with Crippen LogP contribution in [0.5, 0.6) is 0 Å². The number of esters is 1. The van der Waals surface area contributed by atoms with Crippen LogP contribution in [-0.4, -0.2) is 168 Å². The SMILES string of the molecule is CC(C)(C)OC(N)=O.CC(O)c1c(Cl)cncc1Br.COC(C)c1c(Cl)cncc1Br.COC(C)c1c(Cl)cncc1CC(=O)Cc1cnc(-n2nccn2)c(Cl)c1.COC(C)c1c(Cl)cncc1CC(=O)OC(C)(C)C.COC(C)c1c(N)cncc1Cl.O=C=Nc1cnc(-n2nccn2)c(Cl)c1.O=Cc1c(Cl)cncc1Br.[Br-].[CH3-].[Mg+2]. The van der Waals surface area contributed by atoms with Gasteiger partial charge in [-0.3, -0.25) is 44.3 Å². The number of nitrogens with zero attached hydrogens (tertiary/aromatic N) is 15. The molecule has 0 bridgehead atoms.